The average Bonchev–Trinajstić information content (AvgIpc) is 3.09. The molecule has 3 rings (SSSR count). The van der Waals surface area contributed by atoms with Crippen molar-refractivity contribution in [3.8, 4) is 0 Å². The molecule has 1 aliphatic heterocycles. The topological polar surface area (TPSA) is 86.3 Å². The standard InChI is InChI=1S/C16H19N3O3/c1-16(15(21)22)8-9-19(10-16)14(20)7-6-13-17-11-4-2-3-5-12(11)18-13/h2-5H,6-10H2,1H3,(H,17,18)(H,21,22). The van der Waals surface area contributed by atoms with Crippen molar-refractivity contribution in [2.75, 3.05) is 13.1 Å². The van der Waals surface area contributed by atoms with Gasteiger partial charge < -0.3 is 15.0 Å². The number of carboxylic acid groups (broad SMARTS) is 1. The lowest BCUT2D eigenvalue weighted by Crippen LogP contribution is -2.35. The van der Waals surface area contributed by atoms with Crippen LogP contribution in [0.3, 0.4) is 0 Å². The van der Waals surface area contributed by atoms with Gasteiger partial charge in [-0.15, -0.1) is 0 Å². The molecule has 0 bridgehead atoms. The van der Waals surface area contributed by atoms with Crippen LogP contribution in [0.25, 0.3) is 11.0 Å². The number of hydrogen-bond acceptors (Lipinski definition) is 3. The number of nitrogens with zero attached hydrogens (tertiary/aromatic N) is 2. The van der Waals surface area contributed by atoms with Gasteiger partial charge in [0.15, 0.2) is 0 Å². The number of nitrogens with one attached hydrogen (secondary N) is 1. The molecular weight excluding hydrogens is 282 g/mol. The second kappa shape index (κ2) is 5.44. The van der Waals surface area contributed by atoms with Gasteiger partial charge >= 0.3 is 5.97 Å². The van der Waals surface area contributed by atoms with Crippen molar-refractivity contribution in [1.29, 1.82) is 0 Å². The van der Waals surface area contributed by atoms with Gasteiger partial charge in [-0.25, -0.2) is 4.98 Å². The smallest absolute Gasteiger partial charge is 0.311 e. The maximum atomic E-state index is 12.2. The lowest BCUT2D eigenvalue weighted by molar-refractivity contribution is -0.147. The number of likely N-dealkylation sites (tertiary alicyclic amines) is 1. The molecule has 0 spiro atoms. The maximum Gasteiger partial charge on any atom is 0.311 e. The Morgan fingerprint density at radius 3 is 2.86 bits per heavy atom. The minimum absolute atomic E-state index is 0.00886. The van der Waals surface area contributed by atoms with Gasteiger partial charge in [0.05, 0.1) is 16.4 Å². The zero-order chi connectivity index (χ0) is 15.7. The van der Waals surface area contributed by atoms with E-state index < -0.39 is 11.4 Å². The van der Waals surface area contributed by atoms with E-state index >= 15 is 0 Å². The molecule has 6 nitrogen and oxygen atoms in total. The molecule has 116 valence electrons. The van der Waals surface area contributed by atoms with Crippen LogP contribution in [0.1, 0.15) is 25.6 Å². The molecule has 2 heterocycles. The summed E-state index contributed by atoms with van der Waals surface area (Å²) >= 11 is 0. The van der Waals surface area contributed by atoms with Gasteiger partial charge in [0.2, 0.25) is 5.91 Å². The molecule has 0 radical (unpaired) electrons. The van der Waals surface area contributed by atoms with Crippen LogP contribution < -0.4 is 0 Å². The first kappa shape index (κ1) is 14.6. The van der Waals surface area contributed by atoms with Gasteiger partial charge in [0.1, 0.15) is 5.82 Å². The lowest BCUT2D eigenvalue weighted by Gasteiger charge is -2.20. The average molecular weight is 301 g/mol. The highest BCUT2D eigenvalue weighted by molar-refractivity contribution is 5.80. The number of H-pyrrole nitrogens is 1. The molecule has 1 aromatic heterocycles. The number of rotatable bonds is 4. The Morgan fingerprint density at radius 2 is 2.18 bits per heavy atom. The van der Waals surface area contributed by atoms with E-state index in [-0.39, 0.29) is 5.91 Å². The number of benzene rings is 1. The highest BCUT2D eigenvalue weighted by atomic mass is 16.4. The lowest BCUT2D eigenvalue weighted by atomic mass is 9.90. The second-order valence-electron chi connectivity index (χ2n) is 6.13. The van der Waals surface area contributed by atoms with Crippen LogP contribution in [0.15, 0.2) is 24.3 Å². The Balaban J connectivity index is 1.60. The number of fused-ring (bicyclic) bond motifs is 1. The quantitative estimate of drug-likeness (QED) is 0.902. The molecular formula is C16H19N3O3. The minimum atomic E-state index is -0.833. The van der Waals surface area contributed by atoms with E-state index in [0.29, 0.717) is 32.4 Å². The molecule has 2 aromatic rings. The normalized spacial score (nSPS) is 21.4. The first-order chi connectivity index (χ1) is 10.5. The molecule has 6 heteroatoms. The Hall–Kier alpha value is -2.37. The molecule has 1 fully saturated rings. The van der Waals surface area contributed by atoms with Gasteiger partial charge in [0, 0.05) is 25.9 Å². The molecule has 1 atom stereocenters. The predicted octanol–water partition coefficient (Wildman–Crippen LogP) is 1.82. The molecule has 1 aliphatic rings. The molecule has 22 heavy (non-hydrogen) atoms. The Bertz CT molecular complexity index is 691. The van der Waals surface area contributed by atoms with E-state index in [2.05, 4.69) is 9.97 Å². The van der Waals surface area contributed by atoms with Gasteiger partial charge in [-0.1, -0.05) is 12.1 Å². The minimum Gasteiger partial charge on any atom is -0.481 e. The van der Waals surface area contributed by atoms with Crippen LogP contribution >= 0.6 is 0 Å². The van der Waals surface area contributed by atoms with Crippen LogP contribution in [0.4, 0.5) is 0 Å². The van der Waals surface area contributed by atoms with Crippen molar-refractivity contribution in [1.82, 2.24) is 14.9 Å². The highest BCUT2D eigenvalue weighted by Crippen LogP contribution is 2.30. The van der Waals surface area contributed by atoms with E-state index in [0.717, 1.165) is 16.9 Å². The molecule has 0 aliphatic carbocycles. The van der Waals surface area contributed by atoms with Crippen LogP contribution in [0.2, 0.25) is 0 Å². The third-order valence-corrected chi connectivity index (χ3v) is 4.36. The SMILES string of the molecule is CC1(C(=O)O)CCN(C(=O)CCc2nc3ccccc3[nH]2)C1. The zero-order valence-corrected chi connectivity index (χ0v) is 12.5. The summed E-state index contributed by atoms with van der Waals surface area (Å²) in [4.78, 5) is 32.8. The molecule has 1 unspecified atom stereocenters. The summed E-state index contributed by atoms with van der Waals surface area (Å²) < 4.78 is 0. The summed E-state index contributed by atoms with van der Waals surface area (Å²) in [5, 5.41) is 9.21. The Kier molecular flexibility index (Phi) is 3.60. The van der Waals surface area contributed by atoms with Gasteiger partial charge in [-0.05, 0) is 25.5 Å². The summed E-state index contributed by atoms with van der Waals surface area (Å²) in [6, 6.07) is 7.74. The fourth-order valence-electron chi connectivity index (χ4n) is 2.86. The van der Waals surface area contributed by atoms with Crippen molar-refractivity contribution < 1.29 is 14.7 Å². The molecule has 1 saturated heterocycles. The van der Waals surface area contributed by atoms with Crippen LogP contribution in [0.5, 0.6) is 0 Å². The molecule has 0 saturated carbocycles. The monoisotopic (exact) mass is 301 g/mol. The number of carbonyl (C=O) groups excluding carboxylic acids is 1. The van der Waals surface area contributed by atoms with Crippen molar-refractivity contribution in [2.45, 2.75) is 26.2 Å². The van der Waals surface area contributed by atoms with Gasteiger partial charge in [-0.2, -0.15) is 0 Å². The first-order valence-electron chi connectivity index (χ1n) is 7.43. The van der Waals surface area contributed by atoms with Gasteiger partial charge in [0.25, 0.3) is 0 Å². The number of aryl methyl sites for hydroxylation is 1. The summed E-state index contributed by atoms with van der Waals surface area (Å²) in [7, 11) is 0. The number of aromatic amines is 1. The molecule has 2 N–H and O–H groups in total. The van der Waals surface area contributed by atoms with Crippen molar-refractivity contribution >= 4 is 22.9 Å². The largest absolute Gasteiger partial charge is 0.481 e. The third-order valence-electron chi connectivity index (χ3n) is 4.36. The van der Waals surface area contributed by atoms with E-state index in [1.165, 1.54) is 0 Å². The number of amides is 1. The first-order valence-corrected chi connectivity index (χ1v) is 7.43. The predicted molar refractivity (Wildman–Crippen MR) is 81.4 cm³/mol. The molecule has 1 aromatic carbocycles. The van der Waals surface area contributed by atoms with E-state index in [1.807, 2.05) is 24.3 Å². The van der Waals surface area contributed by atoms with Gasteiger partial charge in [-0.3, -0.25) is 9.59 Å². The Morgan fingerprint density at radius 1 is 1.41 bits per heavy atom. The molecule has 1 amide bonds. The fraction of sp³-hybridized carbons (Fsp3) is 0.438. The summed E-state index contributed by atoms with van der Waals surface area (Å²) in [6.45, 7) is 2.50. The van der Waals surface area contributed by atoms with Crippen LogP contribution in [0, 0.1) is 5.41 Å². The summed E-state index contributed by atoms with van der Waals surface area (Å²) in [6.07, 6.45) is 1.39. The Labute approximate surface area is 128 Å². The number of carboxylic acids is 1. The number of aromatic nitrogens is 2. The van der Waals surface area contributed by atoms with Crippen LogP contribution in [-0.4, -0.2) is 44.9 Å². The number of hydrogen-bond donors (Lipinski definition) is 2. The fourth-order valence-corrected chi connectivity index (χ4v) is 2.86. The zero-order valence-electron chi connectivity index (χ0n) is 12.5. The number of carbonyl (C=O) groups is 2. The number of imidazole rings is 1. The second-order valence-corrected chi connectivity index (χ2v) is 6.13. The van der Waals surface area contributed by atoms with Crippen LogP contribution in [-0.2, 0) is 16.0 Å². The van der Waals surface area contributed by atoms with E-state index in [9.17, 15) is 14.7 Å². The van der Waals surface area contributed by atoms with E-state index in [4.69, 9.17) is 0 Å². The number of para-hydroxylation sites is 2. The van der Waals surface area contributed by atoms with E-state index in [1.54, 1.807) is 11.8 Å². The van der Waals surface area contributed by atoms with Crippen molar-refractivity contribution in [2.24, 2.45) is 5.41 Å². The summed E-state index contributed by atoms with van der Waals surface area (Å²) in [5.41, 5.74) is 1.05. The highest BCUT2D eigenvalue weighted by Gasteiger charge is 2.41. The third kappa shape index (κ3) is 2.68. The number of aliphatic carboxylic acids is 1. The van der Waals surface area contributed by atoms with Crippen molar-refractivity contribution in [3.05, 3.63) is 30.1 Å². The van der Waals surface area contributed by atoms with Crippen molar-refractivity contribution in [3.63, 3.8) is 0 Å². The summed E-state index contributed by atoms with van der Waals surface area (Å²) in [5.74, 6) is -0.0553. The maximum absolute atomic E-state index is 12.2.